The van der Waals surface area contributed by atoms with Gasteiger partial charge in [0.1, 0.15) is 5.54 Å². The van der Waals surface area contributed by atoms with Gasteiger partial charge >= 0.3 is 5.97 Å². The largest absolute Gasteiger partial charge is 0.468 e. The quantitative estimate of drug-likeness (QED) is 0.334. The first-order chi connectivity index (χ1) is 14.7. The Morgan fingerprint density at radius 2 is 1.74 bits per heavy atom. The molecule has 2 heterocycles. The van der Waals surface area contributed by atoms with E-state index in [0.29, 0.717) is 16.3 Å². The van der Waals surface area contributed by atoms with Gasteiger partial charge in [0.05, 0.1) is 29.6 Å². The number of imide groups is 1. The highest BCUT2D eigenvalue weighted by Crippen LogP contribution is 2.50. The standard InChI is InChI=1S/C21H18ClN3O6/c1-21(20(28)31-2)16-15(17(23-21)11-3-7-14(8-4-11)25(29)30)18(26)24(19(16)27)13-9-5-12(22)6-10-13/h3-10,15-17,23H,1-2H3. The Morgan fingerprint density at radius 1 is 1.13 bits per heavy atom. The van der Waals surface area contributed by atoms with Crippen LogP contribution in [0.4, 0.5) is 11.4 Å². The summed E-state index contributed by atoms with van der Waals surface area (Å²) in [6.07, 6.45) is 0. The van der Waals surface area contributed by atoms with Crippen molar-refractivity contribution < 1.29 is 24.0 Å². The average molecular weight is 444 g/mol. The number of hydrogen-bond acceptors (Lipinski definition) is 7. The maximum atomic E-state index is 13.4. The van der Waals surface area contributed by atoms with Crippen LogP contribution in [0.25, 0.3) is 0 Å². The van der Waals surface area contributed by atoms with Crippen molar-refractivity contribution in [1.82, 2.24) is 5.32 Å². The van der Waals surface area contributed by atoms with Gasteiger partial charge in [-0.1, -0.05) is 23.7 Å². The van der Waals surface area contributed by atoms with Crippen LogP contribution in [0.3, 0.4) is 0 Å². The molecule has 2 aliphatic rings. The molecule has 1 N–H and O–H groups in total. The summed E-state index contributed by atoms with van der Waals surface area (Å²) < 4.78 is 4.93. The van der Waals surface area contributed by atoms with Gasteiger partial charge in [0.2, 0.25) is 11.8 Å². The van der Waals surface area contributed by atoms with Gasteiger partial charge in [-0.2, -0.15) is 0 Å². The second-order valence-electron chi connectivity index (χ2n) is 7.66. The van der Waals surface area contributed by atoms with Crippen molar-refractivity contribution >= 4 is 40.8 Å². The van der Waals surface area contributed by atoms with Crippen LogP contribution in [-0.4, -0.2) is 35.4 Å². The van der Waals surface area contributed by atoms with Crippen LogP contribution >= 0.6 is 11.6 Å². The molecule has 4 rings (SSSR count). The Bertz CT molecular complexity index is 1090. The number of anilines is 1. The molecule has 2 aromatic carbocycles. The number of halogens is 1. The predicted octanol–water partition coefficient (Wildman–Crippen LogP) is 2.63. The third-order valence-corrected chi connectivity index (χ3v) is 6.20. The van der Waals surface area contributed by atoms with E-state index >= 15 is 0 Å². The number of nitrogens with one attached hydrogen (secondary N) is 1. The van der Waals surface area contributed by atoms with Crippen molar-refractivity contribution in [1.29, 1.82) is 0 Å². The minimum absolute atomic E-state index is 0.106. The molecule has 0 saturated carbocycles. The van der Waals surface area contributed by atoms with Crippen molar-refractivity contribution in [2.45, 2.75) is 18.5 Å². The number of ether oxygens (including phenoxy) is 1. The minimum atomic E-state index is -1.46. The number of rotatable bonds is 4. The van der Waals surface area contributed by atoms with Gasteiger partial charge < -0.3 is 4.74 Å². The van der Waals surface area contributed by atoms with Crippen molar-refractivity contribution in [3.05, 3.63) is 69.2 Å². The SMILES string of the molecule is COC(=O)C1(C)NC(c2ccc([N+](=O)[O-])cc2)C2C(=O)N(c3ccc(Cl)cc3)C(=O)C21. The van der Waals surface area contributed by atoms with Gasteiger partial charge in [-0.25, -0.2) is 4.90 Å². The molecule has 2 saturated heterocycles. The van der Waals surface area contributed by atoms with Gasteiger partial charge in [0.15, 0.2) is 0 Å². The first-order valence-electron chi connectivity index (χ1n) is 9.43. The molecule has 2 aromatic rings. The van der Waals surface area contributed by atoms with Gasteiger partial charge in [-0.05, 0) is 36.8 Å². The molecule has 9 nitrogen and oxygen atoms in total. The number of carbonyl (C=O) groups excluding carboxylic acids is 3. The smallest absolute Gasteiger partial charge is 0.326 e. The van der Waals surface area contributed by atoms with Crippen molar-refractivity contribution in [3.63, 3.8) is 0 Å². The Hall–Kier alpha value is -3.30. The molecular weight excluding hydrogens is 426 g/mol. The number of carbonyl (C=O) groups is 3. The van der Waals surface area contributed by atoms with Crippen LogP contribution in [0, 0.1) is 22.0 Å². The topological polar surface area (TPSA) is 119 Å². The number of nitro groups is 1. The number of benzene rings is 2. The normalized spacial score (nSPS) is 27.3. The molecule has 0 spiro atoms. The number of nitro benzene ring substituents is 1. The van der Waals surface area contributed by atoms with E-state index in [-0.39, 0.29) is 5.69 Å². The van der Waals surface area contributed by atoms with E-state index in [4.69, 9.17) is 16.3 Å². The van der Waals surface area contributed by atoms with Gasteiger partial charge in [-0.3, -0.25) is 29.8 Å². The first-order valence-corrected chi connectivity index (χ1v) is 9.80. The molecule has 2 amide bonds. The summed E-state index contributed by atoms with van der Waals surface area (Å²) in [4.78, 5) is 51.0. The third-order valence-electron chi connectivity index (χ3n) is 5.94. The van der Waals surface area contributed by atoms with Crippen molar-refractivity contribution in [2.24, 2.45) is 11.8 Å². The number of esters is 1. The molecule has 0 aliphatic carbocycles. The number of nitrogens with zero attached hydrogens (tertiary/aromatic N) is 2. The molecule has 4 unspecified atom stereocenters. The highest BCUT2D eigenvalue weighted by molar-refractivity contribution is 6.31. The summed E-state index contributed by atoms with van der Waals surface area (Å²) in [5, 5.41) is 14.5. The maximum absolute atomic E-state index is 13.4. The van der Waals surface area contributed by atoms with Gasteiger partial charge in [0, 0.05) is 23.2 Å². The second-order valence-corrected chi connectivity index (χ2v) is 8.09. The third kappa shape index (κ3) is 3.17. The summed E-state index contributed by atoms with van der Waals surface area (Å²) in [5.74, 6) is -3.58. The monoisotopic (exact) mass is 443 g/mol. The van der Waals surface area contributed by atoms with E-state index in [1.54, 1.807) is 24.3 Å². The lowest BCUT2D eigenvalue weighted by Gasteiger charge is -2.28. The molecule has 160 valence electrons. The van der Waals surface area contributed by atoms with Crippen LogP contribution in [0.15, 0.2) is 48.5 Å². The molecular formula is C21H18ClN3O6. The Morgan fingerprint density at radius 3 is 2.29 bits per heavy atom. The summed E-state index contributed by atoms with van der Waals surface area (Å²) in [6.45, 7) is 1.53. The minimum Gasteiger partial charge on any atom is -0.468 e. The lowest BCUT2D eigenvalue weighted by Crippen LogP contribution is -2.54. The lowest BCUT2D eigenvalue weighted by molar-refractivity contribution is -0.384. The summed E-state index contributed by atoms with van der Waals surface area (Å²) >= 11 is 5.92. The molecule has 0 radical (unpaired) electrons. The fraction of sp³-hybridized carbons (Fsp3) is 0.286. The van der Waals surface area contributed by atoms with Crippen molar-refractivity contribution in [3.8, 4) is 0 Å². The Labute approximate surface area is 182 Å². The number of fused-ring (bicyclic) bond motifs is 1. The van der Waals surface area contributed by atoms with Crippen LogP contribution < -0.4 is 10.2 Å². The fourth-order valence-electron chi connectivity index (χ4n) is 4.47. The highest BCUT2D eigenvalue weighted by Gasteiger charge is 2.67. The average Bonchev–Trinajstić information content (AvgIpc) is 3.22. The number of amides is 2. The van der Waals surface area contributed by atoms with E-state index in [1.165, 1.54) is 38.3 Å². The zero-order chi connectivity index (χ0) is 22.5. The zero-order valence-electron chi connectivity index (χ0n) is 16.6. The molecule has 10 heteroatoms. The maximum Gasteiger partial charge on any atom is 0.326 e. The van der Waals surface area contributed by atoms with E-state index in [1.807, 2.05) is 0 Å². The van der Waals surface area contributed by atoms with Crippen molar-refractivity contribution in [2.75, 3.05) is 12.0 Å². The number of hydrogen-bond donors (Lipinski definition) is 1. The van der Waals surface area contributed by atoms with Crippen LogP contribution in [0.1, 0.15) is 18.5 Å². The molecule has 0 aromatic heterocycles. The number of methoxy groups -OCH3 is 1. The van der Waals surface area contributed by atoms with Crippen LogP contribution in [0.2, 0.25) is 5.02 Å². The predicted molar refractivity (Wildman–Crippen MR) is 110 cm³/mol. The van der Waals surface area contributed by atoms with Crippen LogP contribution in [0.5, 0.6) is 0 Å². The van der Waals surface area contributed by atoms with E-state index in [0.717, 1.165) is 4.90 Å². The summed E-state index contributed by atoms with van der Waals surface area (Å²) in [7, 11) is 1.21. The Balaban J connectivity index is 1.80. The van der Waals surface area contributed by atoms with Gasteiger partial charge in [0.25, 0.3) is 5.69 Å². The molecule has 4 atom stereocenters. The van der Waals surface area contributed by atoms with E-state index in [9.17, 15) is 24.5 Å². The first kappa shape index (κ1) is 21.0. The zero-order valence-corrected chi connectivity index (χ0v) is 17.3. The Kier molecular flexibility index (Phi) is 5.03. The van der Waals surface area contributed by atoms with Gasteiger partial charge in [-0.15, -0.1) is 0 Å². The molecule has 2 aliphatic heterocycles. The number of non-ortho nitro benzene ring substituents is 1. The highest BCUT2D eigenvalue weighted by atomic mass is 35.5. The fourth-order valence-corrected chi connectivity index (χ4v) is 4.60. The molecule has 31 heavy (non-hydrogen) atoms. The lowest BCUT2D eigenvalue weighted by atomic mass is 9.80. The molecule has 2 fully saturated rings. The summed E-state index contributed by atoms with van der Waals surface area (Å²) in [6, 6.07) is 11.2. The second kappa shape index (κ2) is 7.44. The molecule has 0 bridgehead atoms. The van der Waals surface area contributed by atoms with Crippen LogP contribution in [-0.2, 0) is 19.1 Å². The van der Waals surface area contributed by atoms with E-state index < -0.39 is 46.1 Å². The summed E-state index contributed by atoms with van der Waals surface area (Å²) in [5.41, 5.74) is -0.666. The van der Waals surface area contributed by atoms with E-state index in [2.05, 4.69) is 5.32 Å².